The molecule has 0 aliphatic heterocycles. The highest BCUT2D eigenvalue weighted by atomic mass is 31.1. The van der Waals surface area contributed by atoms with Crippen LogP contribution in [0.1, 0.15) is 143 Å². The molecule has 0 amide bonds. The fourth-order valence-corrected chi connectivity index (χ4v) is 5.25. The Balaban J connectivity index is 5.10. The van der Waals surface area contributed by atoms with Gasteiger partial charge in [-0.3, -0.25) is 0 Å². The van der Waals surface area contributed by atoms with Crippen LogP contribution >= 0.6 is 7.80 Å². The molecule has 212 valence electrons. The molecule has 5 nitrogen and oxygen atoms in total. The molecule has 0 aromatic rings. The van der Waals surface area contributed by atoms with E-state index in [1.807, 2.05) is 0 Å². The second kappa shape index (κ2) is 24.7. The summed E-state index contributed by atoms with van der Waals surface area (Å²) in [4.78, 5) is 12.4. The number of carbonyl (C=O) groups excluding carboxylic acids is 1. The largest absolute Gasteiger partial charge is 0.428 e. The molecule has 0 saturated heterocycles. The van der Waals surface area contributed by atoms with Gasteiger partial charge in [0, 0.05) is 5.57 Å². The minimum atomic E-state index is -2.23. The lowest BCUT2D eigenvalue weighted by Crippen LogP contribution is -2.43. The summed E-state index contributed by atoms with van der Waals surface area (Å²) in [5.74, 6) is -1.42. The molecule has 0 aliphatic rings. The van der Waals surface area contributed by atoms with Crippen molar-refractivity contribution in [2.75, 3.05) is 26.0 Å². The lowest BCUT2D eigenvalue weighted by atomic mass is 10.1. The molecule has 0 heterocycles. The van der Waals surface area contributed by atoms with E-state index in [2.05, 4.69) is 27.4 Å². The Kier molecular flexibility index (Phi) is 24.3. The number of unbranched alkanes of at least 4 members (excludes halogenated alkanes) is 15. The third-order valence-corrected chi connectivity index (χ3v) is 7.90. The predicted octanol–water partition coefficient (Wildman–Crippen LogP) is 9.70. The monoisotopic (exact) mass is 529 g/mol. The lowest BCUT2D eigenvalue weighted by Gasteiger charge is -2.30. The van der Waals surface area contributed by atoms with Crippen molar-refractivity contribution >= 4 is 13.3 Å². The molecule has 0 rings (SSSR count). The van der Waals surface area contributed by atoms with Gasteiger partial charge in [0.05, 0.1) is 19.8 Å². The zero-order chi connectivity index (χ0) is 26.9. The van der Waals surface area contributed by atoms with Crippen LogP contribution in [0.4, 0.5) is 0 Å². The first-order valence-electron chi connectivity index (χ1n) is 15.0. The SMILES string of the molecule is C=C(C)C(=O)[P+](=O)CC(OCCCCCCCC)(OCCCCCCCC)OCCCCCCCC. The highest BCUT2D eigenvalue weighted by Crippen LogP contribution is 2.34. The summed E-state index contributed by atoms with van der Waals surface area (Å²) in [6.45, 7) is 13.4. The molecular formula is C30H58O5P+. The van der Waals surface area contributed by atoms with Gasteiger partial charge >= 0.3 is 19.3 Å². The number of allylic oxidation sites excluding steroid dienone is 1. The van der Waals surface area contributed by atoms with E-state index >= 15 is 0 Å². The first kappa shape index (κ1) is 35.4. The van der Waals surface area contributed by atoms with Gasteiger partial charge in [-0.15, -0.1) is 0 Å². The highest BCUT2D eigenvalue weighted by molar-refractivity contribution is 7.64. The number of carbonyl (C=O) groups is 1. The van der Waals surface area contributed by atoms with E-state index < -0.39 is 19.3 Å². The molecule has 0 radical (unpaired) electrons. The quantitative estimate of drug-likeness (QED) is 0.0437. The summed E-state index contributed by atoms with van der Waals surface area (Å²) in [6.07, 6.45) is 20.6. The van der Waals surface area contributed by atoms with E-state index in [9.17, 15) is 9.36 Å². The van der Waals surface area contributed by atoms with Crippen molar-refractivity contribution in [3.63, 3.8) is 0 Å². The zero-order valence-electron chi connectivity index (χ0n) is 24.3. The molecule has 0 fully saturated rings. The van der Waals surface area contributed by atoms with Crippen LogP contribution in [0.3, 0.4) is 0 Å². The first-order chi connectivity index (χ1) is 17.4. The molecule has 1 unspecified atom stereocenters. The average Bonchev–Trinajstić information content (AvgIpc) is 2.86. The molecule has 0 aliphatic carbocycles. The van der Waals surface area contributed by atoms with Gasteiger partial charge in [-0.25, -0.2) is 4.79 Å². The molecule has 1 atom stereocenters. The molecular weight excluding hydrogens is 471 g/mol. The Morgan fingerprint density at radius 3 is 1.22 bits per heavy atom. The number of hydrogen-bond donors (Lipinski definition) is 0. The Labute approximate surface area is 224 Å². The molecule has 0 spiro atoms. The van der Waals surface area contributed by atoms with Crippen LogP contribution in [0, 0.1) is 0 Å². The topological polar surface area (TPSA) is 61.8 Å². The third kappa shape index (κ3) is 19.5. The summed E-state index contributed by atoms with van der Waals surface area (Å²) < 4.78 is 31.6. The maximum absolute atomic E-state index is 12.9. The van der Waals surface area contributed by atoms with E-state index in [1.54, 1.807) is 6.92 Å². The lowest BCUT2D eigenvalue weighted by molar-refractivity contribution is -0.367. The van der Waals surface area contributed by atoms with Gasteiger partial charge in [0.2, 0.25) is 6.16 Å². The van der Waals surface area contributed by atoms with Gasteiger partial charge in [0.1, 0.15) is 0 Å². The highest BCUT2D eigenvalue weighted by Gasteiger charge is 2.46. The van der Waals surface area contributed by atoms with Crippen molar-refractivity contribution < 1.29 is 23.6 Å². The molecule has 0 aromatic heterocycles. The summed E-state index contributed by atoms with van der Waals surface area (Å²) in [5.41, 5.74) is -0.128. The first-order valence-corrected chi connectivity index (χ1v) is 16.4. The van der Waals surface area contributed by atoms with E-state index in [4.69, 9.17) is 14.2 Å². The molecule has 0 N–H and O–H groups in total. The maximum atomic E-state index is 12.9. The maximum Gasteiger partial charge on any atom is 0.428 e. The Morgan fingerprint density at radius 1 is 0.611 bits per heavy atom. The van der Waals surface area contributed by atoms with Crippen LogP contribution in [0.2, 0.25) is 0 Å². The number of ether oxygens (including phenoxy) is 3. The zero-order valence-corrected chi connectivity index (χ0v) is 25.1. The summed E-state index contributed by atoms with van der Waals surface area (Å²) in [7, 11) is -2.23. The van der Waals surface area contributed by atoms with Gasteiger partial charge in [0.25, 0.3) is 0 Å². The van der Waals surface area contributed by atoms with Gasteiger partial charge in [-0.2, -0.15) is 0 Å². The molecule has 0 aromatic carbocycles. The Hall–Kier alpha value is -0.610. The van der Waals surface area contributed by atoms with Gasteiger partial charge in [-0.1, -0.05) is 128 Å². The van der Waals surface area contributed by atoms with E-state index in [1.165, 1.54) is 77.0 Å². The Bertz CT molecular complexity index is 518. The number of rotatable bonds is 28. The summed E-state index contributed by atoms with van der Waals surface area (Å²) in [6, 6.07) is 0. The normalized spacial score (nSPS) is 12.2. The van der Waals surface area contributed by atoms with Crippen molar-refractivity contribution in [3.05, 3.63) is 12.2 Å². The Morgan fingerprint density at radius 2 is 0.917 bits per heavy atom. The van der Waals surface area contributed by atoms with E-state index in [0.717, 1.165) is 38.5 Å². The van der Waals surface area contributed by atoms with Crippen molar-refractivity contribution in [3.8, 4) is 0 Å². The van der Waals surface area contributed by atoms with Crippen LogP contribution in [0.15, 0.2) is 12.2 Å². The van der Waals surface area contributed by atoms with E-state index in [-0.39, 0.29) is 6.16 Å². The van der Waals surface area contributed by atoms with Crippen LogP contribution in [-0.2, 0) is 23.6 Å². The number of hydrogen-bond acceptors (Lipinski definition) is 5. The van der Waals surface area contributed by atoms with E-state index in [0.29, 0.717) is 25.4 Å². The summed E-state index contributed by atoms with van der Waals surface area (Å²) >= 11 is 0. The molecule has 0 saturated carbocycles. The summed E-state index contributed by atoms with van der Waals surface area (Å²) in [5, 5.41) is 0. The fraction of sp³-hybridized carbons (Fsp3) is 0.900. The van der Waals surface area contributed by atoms with Gasteiger partial charge < -0.3 is 14.2 Å². The molecule has 6 heteroatoms. The second-order valence-corrected chi connectivity index (χ2v) is 11.6. The van der Waals surface area contributed by atoms with Crippen molar-refractivity contribution in [2.24, 2.45) is 0 Å². The standard InChI is InChI=1S/C30H58O5P/c1-6-9-12-15-18-21-24-33-30(27-36(32)29(31)28(4)5,34-25-22-19-16-13-10-7-2)35-26-23-20-17-14-11-8-3/h4,6-27H2,1-3,5H3/q+1. The molecule has 0 bridgehead atoms. The minimum Gasteiger partial charge on any atom is -0.324 e. The predicted molar refractivity (Wildman–Crippen MR) is 153 cm³/mol. The third-order valence-electron chi connectivity index (χ3n) is 6.39. The van der Waals surface area contributed by atoms with Gasteiger partial charge in [-0.05, 0) is 26.2 Å². The van der Waals surface area contributed by atoms with Crippen LogP contribution < -0.4 is 0 Å². The smallest absolute Gasteiger partial charge is 0.324 e. The fourth-order valence-electron chi connectivity index (χ4n) is 4.05. The van der Waals surface area contributed by atoms with Crippen molar-refractivity contribution in [1.29, 1.82) is 0 Å². The van der Waals surface area contributed by atoms with Gasteiger partial charge in [0.15, 0.2) is 0 Å². The van der Waals surface area contributed by atoms with Crippen molar-refractivity contribution in [1.82, 2.24) is 0 Å². The van der Waals surface area contributed by atoms with Crippen LogP contribution in [-0.4, -0.2) is 37.5 Å². The van der Waals surface area contributed by atoms with Crippen LogP contribution in [0.5, 0.6) is 0 Å². The average molecular weight is 530 g/mol. The second-order valence-electron chi connectivity index (χ2n) is 10.2. The minimum absolute atomic E-state index is 0.0739. The van der Waals surface area contributed by atoms with Crippen LogP contribution in [0.25, 0.3) is 0 Å². The molecule has 36 heavy (non-hydrogen) atoms. The van der Waals surface area contributed by atoms with Crippen molar-refractivity contribution in [2.45, 2.75) is 149 Å².